The summed E-state index contributed by atoms with van der Waals surface area (Å²) in [4.78, 5) is 17.2. The lowest BCUT2D eigenvalue weighted by atomic mass is 10.0. The molecule has 1 unspecified atom stereocenters. The van der Waals surface area contributed by atoms with Crippen LogP contribution in [0.4, 0.5) is 5.69 Å². The maximum Gasteiger partial charge on any atom is 0.230 e. The van der Waals surface area contributed by atoms with E-state index in [4.69, 9.17) is 5.26 Å². The summed E-state index contributed by atoms with van der Waals surface area (Å²) in [7, 11) is 0. The number of hydrogen-bond donors (Lipinski definition) is 0. The van der Waals surface area contributed by atoms with E-state index < -0.39 is 0 Å². The van der Waals surface area contributed by atoms with Crippen LogP contribution in [0.5, 0.6) is 0 Å². The molecule has 0 aromatic heterocycles. The second kappa shape index (κ2) is 11.9. The molecule has 1 heterocycles. The maximum atomic E-state index is 13.0. The van der Waals surface area contributed by atoms with Gasteiger partial charge >= 0.3 is 0 Å². The van der Waals surface area contributed by atoms with Crippen LogP contribution < -0.4 is 4.90 Å². The number of carbonyl (C=O) groups excluding carboxylic acids is 1. The predicted molar refractivity (Wildman–Crippen MR) is 131 cm³/mol. The van der Waals surface area contributed by atoms with Crippen molar-refractivity contribution in [3.8, 4) is 6.07 Å². The molecule has 1 atom stereocenters. The molecule has 2 aromatic rings. The molecular formula is C28H33N3O. The van der Waals surface area contributed by atoms with E-state index in [0.29, 0.717) is 5.56 Å². The van der Waals surface area contributed by atoms with Gasteiger partial charge in [0.15, 0.2) is 0 Å². The summed E-state index contributed by atoms with van der Waals surface area (Å²) in [6.07, 6.45) is 11.2. The normalized spacial score (nSPS) is 16.5. The van der Waals surface area contributed by atoms with Crippen molar-refractivity contribution in [3.63, 3.8) is 0 Å². The first kappa shape index (κ1) is 23.3. The molecule has 0 bridgehead atoms. The van der Waals surface area contributed by atoms with Crippen LogP contribution in [0.15, 0.2) is 78.6 Å². The van der Waals surface area contributed by atoms with Crippen LogP contribution in [0.25, 0.3) is 0 Å². The van der Waals surface area contributed by atoms with E-state index in [9.17, 15) is 4.79 Å². The quantitative estimate of drug-likeness (QED) is 0.463. The first-order chi connectivity index (χ1) is 15.7. The number of nitriles is 1. The number of anilines is 1. The molecule has 4 heteroatoms. The predicted octanol–water partition coefficient (Wildman–Crippen LogP) is 6.06. The zero-order chi connectivity index (χ0) is 22.8. The van der Waals surface area contributed by atoms with Crippen LogP contribution in [0, 0.1) is 17.2 Å². The van der Waals surface area contributed by atoms with Gasteiger partial charge in [-0.1, -0.05) is 55.8 Å². The van der Waals surface area contributed by atoms with Gasteiger partial charge in [0.1, 0.15) is 0 Å². The van der Waals surface area contributed by atoms with E-state index in [1.807, 2.05) is 59.5 Å². The number of rotatable bonds is 10. The van der Waals surface area contributed by atoms with Crippen molar-refractivity contribution < 1.29 is 4.79 Å². The molecule has 3 rings (SSSR count). The number of hydrogen-bond acceptors (Lipinski definition) is 3. The van der Waals surface area contributed by atoms with Gasteiger partial charge in [-0.15, -0.1) is 0 Å². The van der Waals surface area contributed by atoms with Crippen molar-refractivity contribution in [2.45, 2.75) is 46.0 Å². The highest BCUT2D eigenvalue weighted by molar-refractivity contribution is 5.97. The highest BCUT2D eigenvalue weighted by Gasteiger charge is 2.32. The van der Waals surface area contributed by atoms with Gasteiger partial charge in [-0.25, -0.2) is 0 Å². The molecular weight excluding hydrogens is 394 g/mol. The van der Waals surface area contributed by atoms with Gasteiger partial charge in [-0.3, -0.25) is 4.79 Å². The first-order valence-corrected chi connectivity index (χ1v) is 11.6. The molecule has 0 radical (unpaired) electrons. The average molecular weight is 428 g/mol. The topological polar surface area (TPSA) is 47.3 Å². The van der Waals surface area contributed by atoms with Gasteiger partial charge in [0.2, 0.25) is 5.91 Å². The lowest BCUT2D eigenvalue weighted by Crippen LogP contribution is -2.29. The zero-order valence-corrected chi connectivity index (χ0v) is 19.2. The largest absolute Gasteiger partial charge is 0.352 e. The van der Waals surface area contributed by atoms with Crippen LogP contribution in [0.3, 0.4) is 0 Å². The Morgan fingerprint density at radius 1 is 1.19 bits per heavy atom. The van der Waals surface area contributed by atoms with Crippen LogP contribution in [-0.2, 0) is 11.2 Å². The average Bonchev–Trinajstić information content (AvgIpc) is 3.21. The summed E-state index contributed by atoms with van der Waals surface area (Å²) >= 11 is 0. The number of amides is 1. The van der Waals surface area contributed by atoms with Crippen LogP contribution >= 0.6 is 0 Å². The molecule has 0 N–H and O–H groups in total. The van der Waals surface area contributed by atoms with Gasteiger partial charge in [0, 0.05) is 36.8 Å². The molecule has 1 amide bonds. The van der Waals surface area contributed by atoms with Gasteiger partial charge in [0.25, 0.3) is 0 Å². The van der Waals surface area contributed by atoms with Crippen LogP contribution in [-0.4, -0.2) is 23.9 Å². The SMILES string of the molecule is C/C=C(/Cc1ccc(C#N)cc1)N(/C=C/CCC)CCC1CCN(c2ccccc2)C1=O. The highest BCUT2D eigenvalue weighted by Crippen LogP contribution is 2.28. The Morgan fingerprint density at radius 3 is 2.59 bits per heavy atom. The highest BCUT2D eigenvalue weighted by atomic mass is 16.2. The van der Waals surface area contributed by atoms with E-state index >= 15 is 0 Å². The number of para-hydroxylation sites is 1. The fraction of sp³-hybridized carbons (Fsp3) is 0.357. The van der Waals surface area contributed by atoms with E-state index in [1.54, 1.807) is 0 Å². The third-order valence-electron chi connectivity index (χ3n) is 6.01. The standard InChI is InChI=1S/C28H33N3O/c1-3-5-9-18-30(26(4-2)21-23-12-14-24(22-29)15-13-23)19-16-25-17-20-31(28(25)32)27-10-7-6-8-11-27/h4,6-15,18,25H,3,5,16-17,19-21H2,1-2H3/b18-9+,26-4-. The zero-order valence-electron chi connectivity index (χ0n) is 19.2. The van der Waals surface area contributed by atoms with E-state index in [-0.39, 0.29) is 11.8 Å². The lowest BCUT2D eigenvalue weighted by Gasteiger charge is -2.25. The summed E-state index contributed by atoms with van der Waals surface area (Å²) in [5, 5.41) is 9.04. The van der Waals surface area contributed by atoms with Gasteiger partial charge in [0.05, 0.1) is 11.6 Å². The summed E-state index contributed by atoms with van der Waals surface area (Å²) < 4.78 is 0. The second-order valence-corrected chi connectivity index (χ2v) is 8.23. The van der Waals surface area contributed by atoms with E-state index in [2.05, 4.69) is 43.2 Å². The summed E-state index contributed by atoms with van der Waals surface area (Å²) in [5.74, 6) is 0.299. The molecule has 166 valence electrons. The Balaban J connectivity index is 1.67. The fourth-order valence-corrected chi connectivity index (χ4v) is 4.12. The minimum absolute atomic E-state index is 0.0605. The smallest absolute Gasteiger partial charge is 0.230 e. The minimum Gasteiger partial charge on any atom is -0.352 e. The maximum absolute atomic E-state index is 13.0. The van der Waals surface area contributed by atoms with Crippen molar-refractivity contribution in [1.29, 1.82) is 5.26 Å². The van der Waals surface area contributed by atoms with Crippen molar-refractivity contribution in [2.24, 2.45) is 5.92 Å². The second-order valence-electron chi connectivity index (χ2n) is 8.23. The number of carbonyl (C=O) groups is 1. The summed E-state index contributed by atoms with van der Waals surface area (Å²) in [6, 6.07) is 19.9. The Kier molecular flexibility index (Phi) is 8.69. The molecule has 4 nitrogen and oxygen atoms in total. The number of benzene rings is 2. The molecule has 32 heavy (non-hydrogen) atoms. The van der Waals surface area contributed by atoms with Gasteiger partial charge < -0.3 is 9.80 Å². The van der Waals surface area contributed by atoms with Gasteiger partial charge in [-0.2, -0.15) is 5.26 Å². The third-order valence-corrected chi connectivity index (χ3v) is 6.01. The Bertz CT molecular complexity index is 970. The van der Waals surface area contributed by atoms with Crippen LogP contribution in [0.1, 0.15) is 50.7 Å². The monoisotopic (exact) mass is 427 g/mol. The summed E-state index contributed by atoms with van der Waals surface area (Å²) in [6.45, 7) is 5.85. The van der Waals surface area contributed by atoms with E-state index in [0.717, 1.165) is 50.9 Å². The fourth-order valence-electron chi connectivity index (χ4n) is 4.12. The molecule has 0 spiro atoms. The minimum atomic E-state index is 0.0605. The van der Waals surface area contributed by atoms with Crippen molar-refractivity contribution in [2.75, 3.05) is 18.0 Å². The Morgan fingerprint density at radius 2 is 1.94 bits per heavy atom. The number of nitrogens with zero attached hydrogens (tertiary/aromatic N) is 3. The van der Waals surface area contributed by atoms with Crippen molar-refractivity contribution in [3.05, 3.63) is 89.8 Å². The molecule has 0 saturated carbocycles. The lowest BCUT2D eigenvalue weighted by molar-refractivity contribution is -0.120. The molecule has 1 fully saturated rings. The van der Waals surface area contributed by atoms with Crippen LogP contribution in [0.2, 0.25) is 0 Å². The van der Waals surface area contributed by atoms with E-state index in [1.165, 1.54) is 11.3 Å². The molecule has 2 aromatic carbocycles. The molecule has 1 saturated heterocycles. The number of allylic oxidation sites excluding steroid dienone is 3. The first-order valence-electron chi connectivity index (χ1n) is 11.6. The molecule has 0 aliphatic carbocycles. The Hall–Kier alpha value is -3.32. The van der Waals surface area contributed by atoms with Crippen molar-refractivity contribution in [1.82, 2.24) is 4.90 Å². The molecule has 1 aliphatic rings. The molecule has 1 aliphatic heterocycles. The summed E-state index contributed by atoms with van der Waals surface area (Å²) in [5.41, 5.74) is 4.07. The third kappa shape index (κ3) is 6.11. The Labute approximate surface area is 192 Å². The number of unbranched alkanes of at least 4 members (excludes halogenated alkanes) is 1. The van der Waals surface area contributed by atoms with Crippen molar-refractivity contribution >= 4 is 11.6 Å². The van der Waals surface area contributed by atoms with Gasteiger partial charge in [-0.05, 0) is 62.2 Å².